The van der Waals surface area contributed by atoms with Crippen molar-refractivity contribution in [2.45, 2.75) is 26.8 Å². The van der Waals surface area contributed by atoms with Gasteiger partial charge in [0.05, 0.1) is 37.2 Å². The van der Waals surface area contributed by atoms with Crippen LogP contribution in [0.5, 0.6) is 11.6 Å². The number of carbonyl (C=O) groups is 2. The number of aromatic nitrogens is 3. The van der Waals surface area contributed by atoms with Crippen LogP contribution in [0.25, 0.3) is 5.57 Å². The highest BCUT2D eigenvalue weighted by atomic mass is 16.5. The normalized spacial score (nSPS) is 10.5. The minimum atomic E-state index is -0.225. The molecule has 1 aromatic carbocycles. The summed E-state index contributed by atoms with van der Waals surface area (Å²) in [6.07, 6.45) is 3.27. The molecule has 0 saturated heterocycles. The molecule has 35 heavy (non-hydrogen) atoms. The van der Waals surface area contributed by atoms with Crippen molar-refractivity contribution in [1.29, 1.82) is 0 Å². The van der Waals surface area contributed by atoms with Crippen LogP contribution in [0.3, 0.4) is 0 Å². The van der Waals surface area contributed by atoms with E-state index < -0.39 is 0 Å². The number of ether oxygens (including phenoxy) is 2. The number of nitrogens with one attached hydrogen (secondary N) is 1. The van der Waals surface area contributed by atoms with Crippen LogP contribution in [0, 0.1) is 6.92 Å². The van der Waals surface area contributed by atoms with E-state index in [9.17, 15) is 9.59 Å². The second kappa shape index (κ2) is 12.4. The number of anilines is 1. The summed E-state index contributed by atoms with van der Waals surface area (Å²) in [5, 5.41) is 6.91. The number of pyridine rings is 1. The van der Waals surface area contributed by atoms with Gasteiger partial charge in [-0.25, -0.2) is 4.98 Å². The molecule has 0 unspecified atom stereocenters. The van der Waals surface area contributed by atoms with Crippen LogP contribution < -0.4 is 14.8 Å². The third kappa shape index (κ3) is 8.29. The minimum absolute atomic E-state index is 0.0603. The highest BCUT2D eigenvalue weighted by molar-refractivity contribution is 5.90. The monoisotopic (exact) mass is 477 g/mol. The summed E-state index contributed by atoms with van der Waals surface area (Å²) in [6.45, 7) is 8.82. The Hall–Kier alpha value is -4.14. The van der Waals surface area contributed by atoms with Crippen LogP contribution in [0.2, 0.25) is 0 Å². The standard InChI is InChI=1S/C26H31N5O4/c1-19(2)23-6-5-7-25(29-23)35-14-12-24(32)28-21-16-27-31(17-21)18-26(33)30(4)13-15-34-22-10-8-20(3)9-11-22/h5-11,16-17H,1,12-15,18H2,2-4H3,(H,28,32). The molecule has 2 heterocycles. The zero-order valence-corrected chi connectivity index (χ0v) is 20.4. The van der Waals surface area contributed by atoms with Gasteiger partial charge in [-0.15, -0.1) is 0 Å². The first-order valence-electron chi connectivity index (χ1n) is 11.3. The van der Waals surface area contributed by atoms with Gasteiger partial charge < -0.3 is 19.7 Å². The van der Waals surface area contributed by atoms with E-state index in [1.54, 1.807) is 24.2 Å². The molecule has 3 rings (SSSR count). The molecule has 9 nitrogen and oxygen atoms in total. The molecular weight excluding hydrogens is 446 g/mol. The lowest BCUT2D eigenvalue weighted by Crippen LogP contribution is -2.33. The Morgan fingerprint density at radius 3 is 2.63 bits per heavy atom. The number of allylic oxidation sites excluding steroid dienone is 1. The predicted molar refractivity (Wildman–Crippen MR) is 134 cm³/mol. The number of aryl methyl sites for hydroxylation is 1. The summed E-state index contributed by atoms with van der Waals surface area (Å²) in [5.41, 5.74) is 3.26. The van der Waals surface area contributed by atoms with Crippen molar-refractivity contribution in [3.63, 3.8) is 0 Å². The van der Waals surface area contributed by atoms with E-state index in [1.807, 2.05) is 50.2 Å². The Morgan fingerprint density at radius 2 is 1.89 bits per heavy atom. The molecule has 0 fully saturated rings. The van der Waals surface area contributed by atoms with Crippen molar-refractivity contribution >= 4 is 23.1 Å². The molecule has 0 atom stereocenters. The molecule has 1 N–H and O–H groups in total. The molecule has 2 aromatic heterocycles. The first-order valence-corrected chi connectivity index (χ1v) is 11.3. The van der Waals surface area contributed by atoms with Crippen LogP contribution in [-0.4, -0.2) is 58.3 Å². The van der Waals surface area contributed by atoms with Gasteiger partial charge in [0.15, 0.2) is 0 Å². The molecule has 0 radical (unpaired) electrons. The number of amides is 2. The molecule has 2 amide bonds. The lowest BCUT2D eigenvalue weighted by atomic mass is 10.2. The summed E-state index contributed by atoms with van der Waals surface area (Å²) < 4.78 is 12.7. The average molecular weight is 478 g/mol. The first kappa shape index (κ1) is 25.5. The van der Waals surface area contributed by atoms with Gasteiger partial charge in [-0.2, -0.15) is 5.10 Å². The Balaban J connectivity index is 1.37. The number of likely N-dealkylation sites (N-methyl/N-ethyl adjacent to an activating group) is 1. The third-order valence-corrected chi connectivity index (χ3v) is 5.10. The highest BCUT2D eigenvalue weighted by Crippen LogP contribution is 2.14. The Labute approximate surface area is 205 Å². The third-order valence-electron chi connectivity index (χ3n) is 5.10. The number of benzene rings is 1. The van der Waals surface area contributed by atoms with Gasteiger partial charge in [0, 0.05) is 19.3 Å². The van der Waals surface area contributed by atoms with Crippen LogP contribution in [0.4, 0.5) is 5.69 Å². The second-order valence-electron chi connectivity index (χ2n) is 8.19. The molecule has 0 aliphatic rings. The quantitative estimate of drug-likeness (QED) is 0.428. The van der Waals surface area contributed by atoms with E-state index in [-0.39, 0.29) is 31.4 Å². The maximum absolute atomic E-state index is 12.5. The van der Waals surface area contributed by atoms with Crippen LogP contribution >= 0.6 is 0 Å². The number of rotatable bonds is 12. The van der Waals surface area contributed by atoms with Gasteiger partial charge in [0.25, 0.3) is 0 Å². The SMILES string of the molecule is C=C(C)c1cccc(OCCC(=O)Nc2cnn(CC(=O)N(C)CCOc3ccc(C)cc3)c2)n1. The number of carbonyl (C=O) groups excluding carboxylic acids is 2. The molecule has 9 heteroatoms. The van der Waals surface area contributed by atoms with E-state index in [0.29, 0.717) is 24.7 Å². The zero-order chi connectivity index (χ0) is 25.2. The summed E-state index contributed by atoms with van der Waals surface area (Å²) in [5.74, 6) is 0.873. The molecule has 0 saturated carbocycles. The summed E-state index contributed by atoms with van der Waals surface area (Å²) in [6, 6.07) is 13.2. The van der Waals surface area contributed by atoms with Gasteiger partial charge >= 0.3 is 0 Å². The fourth-order valence-corrected chi connectivity index (χ4v) is 3.04. The lowest BCUT2D eigenvalue weighted by Gasteiger charge is -2.17. The predicted octanol–water partition coefficient (Wildman–Crippen LogP) is 3.56. The topological polar surface area (TPSA) is 98.6 Å². The van der Waals surface area contributed by atoms with Gasteiger partial charge in [-0.05, 0) is 37.6 Å². The van der Waals surface area contributed by atoms with Crippen LogP contribution in [0.1, 0.15) is 24.6 Å². The molecule has 184 valence electrons. The number of nitrogens with zero attached hydrogens (tertiary/aromatic N) is 4. The smallest absolute Gasteiger partial charge is 0.244 e. The largest absolute Gasteiger partial charge is 0.492 e. The summed E-state index contributed by atoms with van der Waals surface area (Å²) in [4.78, 5) is 30.6. The molecule has 0 spiro atoms. The van der Waals surface area contributed by atoms with E-state index in [4.69, 9.17) is 9.47 Å². The highest BCUT2D eigenvalue weighted by Gasteiger charge is 2.12. The molecule has 0 bridgehead atoms. The van der Waals surface area contributed by atoms with E-state index in [0.717, 1.165) is 22.6 Å². The maximum Gasteiger partial charge on any atom is 0.244 e. The molecular formula is C26H31N5O4. The van der Waals surface area contributed by atoms with Crippen molar-refractivity contribution in [2.24, 2.45) is 0 Å². The van der Waals surface area contributed by atoms with Crippen molar-refractivity contribution in [3.8, 4) is 11.6 Å². The van der Waals surface area contributed by atoms with Gasteiger partial charge in [-0.1, -0.05) is 30.3 Å². The van der Waals surface area contributed by atoms with Gasteiger partial charge in [0.1, 0.15) is 18.9 Å². The van der Waals surface area contributed by atoms with E-state index >= 15 is 0 Å². The van der Waals surface area contributed by atoms with Crippen molar-refractivity contribution < 1.29 is 19.1 Å². The number of hydrogen-bond acceptors (Lipinski definition) is 6. The Morgan fingerprint density at radius 1 is 1.11 bits per heavy atom. The molecule has 0 aliphatic heterocycles. The zero-order valence-electron chi connectivity index (χ0n) is 20.4. The van der Waals surface area contributed by atoms with Gasteiger partial charge in [0.2, 0.25) is 17.7 Å². The van der Waals surface area contributed by atoms with Gasteiger partial charge in [-0.3, -0.25) is 14.3 Å². The first-order chi connectivity index (χ1) is 16.8. The Kier molecular flexibility index (Phi) is 9.00. The van der Waals surface area contributed by atoms with Crippen molar-refractivity contribution in [3.05, 3.63) is 72.7 Å². The minimum Gasteiger partial charge on any atom is -0.492 e. The van der Waals surface area contributed by atoms with Crippen molar-refractivity contribution in [2.75, 3.05) is 32.1 Å². The van der Waals surface area contributed by atoms with Crippen LogP contribution in [0.15, 0.2) is 61.4 Å². The lowest BCUT2D eigenvalue weighted by molar-refractivity contribution is -0.131. The fourth-order valence-electron chi connectivity index (χ4n) is 3.04. The summed E-state index contributed by atoms with van der Waals surface area (Å²) in [7, 11) is 1.72. The number of hydrogen-bond donors (Lipinski definition) is 1. The van der Waals surface area contributed by atoms with Crippen molar-refractivity contribution in [1.82, 2.24) is 19.7 Å². The molecule has 0 aliphatic carbocycles. The Bertz CT molecular complexity index is 1160. The van der Waals surface area contributed by atoms with Crippen LogP contribution in [-0.2, 0) is 16.1 Å². The summed E-state index contributed by atoms with van der Waals surface area (Å²) >= 11 is 0. The average Bonchev–Trinajstić information content (AvgIpc) is 3.26. The fraction of sp³-hybridized carbons (Fsp3) is 0.308. The van der Waals surface area contributed by atoms with E-state index in [2.05, 4.69) is 22.0 Å². The van der Waals surface area contributed by atoms with E-state index in [1.165, 1.54) is 10.9 Å². The molecule has 3 aromatic rings. The second-order valence-corrected chi connectivity index (χ2v) is 8.19. The maximum atomic E-state index is 12.5.